The fraction of sp³-hybridized carbons (Fsp3) is 0.357. The number of amides is 2. The second-order valence-corrected chi connectivity index (χ2v) is 4.81. The van der Waals surface area contributed by atoms with E-state index in [4.69, 9.17) is 4.74 Å². The van der Waals surface area contributed by atoms with Crippen molar-refractivity contribution in [3.05, 3.63) is 30.5 Å². The highest BCUT2D eigenvalue weighted by Crippen LogP contribution is 2.19. The van der Waals surface area contributed by atoms with Crippen LogP contribution in [0.1, 0.15) is 0 Å². The summed E-state index contributed by atoms with van der Waals surface area (Å²) in [6, 6.07) is 7.67. The smallest absolute Gasteiger partial charge is 0.317 e. The topological polar surface area (TPSA) is 72.3 Å². The van der Waals surface area contributed by atoms with Crippen LogP contribution in [0.5, 0.6) is 5.75 Å². The molecule has 2 heterocycles. The predicted molar refractivity (Wildman–Crippen MR) is 77.0 cm³/mol. The summed E-state index contributed by atoms with van der Waals surface area (Å²) in [5.74, 6) is 0.811. The van der Waals surface area contributed by atoms with Gasteiger partial charge in [0.15, 0.2) is 0 Å². The molecule has 1 saturated heterocycles. The first-order valence-corrected chi connectivity index (χ1v) is 6.83. The number of hydrogen-bond donors (Lipinski definition) is 1. The minimum absolute atomic E-state index is 0.00880. The molecule has 1 aliphatic rings. The van der Waals surface area contributed by atoms with E-state index in [0.717, 1.165) is 23.6 Å². The molecule has 1 aliphatic heterocycles. The molecule has 1 N–H and O–H groups in total. The maximum absolute atomic E-state index is 11.4. The Balaban J connectivity index is 1.63. The maximum atomic E-state index is 11.4. The number of ether oxygens (including phenoxy) is 1. The number of urea groups is 1. The largest absolute Gasteiger partial charge is 0.497 e. The first-order valence-electron chi connectivity index (χ1n) is 6.83. The van der Waals surface area contributed by atoms with Gasteiger partial charge in [-0.2, -0.15) is 0 Å². The lowest BCUT2D eigenvalue weighted by atomic mass is 10.2. The molecular formula is C14H17N5O2. The minimum atomic E-state index is -0.00880. The van der Waals surface area contributed by atoms with Crippen molar-refractivity contribution < 1.29 is 9.53 Å². The van der Waals surface area contributed by atoms with Crippen LogP contribution >= 0.6 is 0 Å². The lowest BCUT2D eigenvalue weighted by Gasteiger charge is -2.12. The molecule has 0 saturated carbocycles. The Hall–Kier alpha value is -2.57. The molecule has 0 bridgehead atoms. The monoisotopic (exact) mass is 287 g/mol. The Labute approximate surface area is 122 Å². The standard InChI is InChI=1S/C14H17N5O2/c1-21-12-4-2-11(3-5-12)13-10-19(17-16-13)9-8-18-7-6-15-14(18)20/h2-5,10H,6-9H2,1H3,(H,15,20). The molecule has 110 valence electrons. The Bertz CT molecular complexity index is 623. The molecule has 0 atom stereocenters. The zero-order valence-electron chi connectivity index (χ0n) is 11.8. The summed E-state index contributed by atoms with van der Waals surface area (Å²) in [6.07, 6.45) is 1.88. The van der Waals surface area contributed by atoms with E-state index in [0.29, 0.717) is 19.6 Å². The third-order valence-electron chi connectivity index (χ3n) is 3.47. The van der Waals surface area contributed by atoms with E-state index in [-0.39, 0.29) is 6.03 Å². The number of methoxy groups -OCH3 is 1. The fourth-order valence-corrected chi connectivity index (χ4v) is 2.25. The molecule has 7 nitrogen and oxygen atoms in total. The van der Waals surface area contributed by atoms with Crippen molar-refractivity contribution >= 4 is 6.03 Å². The lowest BCUT2D eigenvalue weighted by molar-refractivity contribution is 0.215. The molecule has 7 heteroatoms. The van der Waals surface area contributed by atoms with Gasteiger partial charge in [0, 0.05) is 25.2 Å². The summed E-state index contributed by atoms with van der Waals surface area (Å²) in [7, 11) is 1.64. The van der Waals surface area contributed by atoms with E-state index in [1.165, 1.54) is 0 Å². The Morgan fingerprint density at radius 3 is 2.76 bits per heavy atom. The molecule has 0 aliphatic carbocycles. The van der Waals surface area contributed by atoms with E-state index in [1.807, 2.05) is 30.5 Å². The highest BCUT2D eigenvalue weighted by Gasteiger charge is 2.18. The van der Waals surface area contributed by atoms with E-state index in [2.05, 4.69) is 15.6 Å². The van der Waals surface area contributed by atoms with E-state index >= 15 is 0 Å². The first-order chi connectivity index (χ1) is 10.3. The molecule has 0 unspecified atom stereocenters. The lowest BCUT2D eigenvalue weighted by Crippen LogP contribution is -2.31. The molecule has 0 spiro atoms. The second kappa shape index (κ2) is 5.82. The number of carbonyl (C=O) groups excluding carboxylic acids is 1. The molecule has 1 fully saturated rings. The normalized spacial score (nSPS) is 14.3. The van der Waals surface area contributed by atoms with Crippen LogP contribution in [-0.2, 0) is 6.54 Å². The summed E-state index contributed by atoms with van der Waals surface area (Å²) < 4.78 is 6.89. The van der Waals surface area contributed by atoms with Crippen LogP contribution in [0.2, 0.25) is 0 Å². The number of carbonyl (C=O) groups is 1. The zero-order valence-corrected chi connectivity index (χ0v) is 11.8. The minimum Gasteiger partial charge on any atom is -0.497 e. The molecule has 1 aromatic heterocycles. The van der Waals surface area contributed by atoms with E-state index in [9.17, 15) is 4.79 Å². The van der Waals surface area contributed by atoms with Gasteiger partial charge in [0.2, 0.25) is 0 Å². The van der Waals surface area contributed by atoms with Crippen LogP contribution in [-0.4, -0.2) is 52.7 Å². The average molecular weight is 287 g/mol. The van der Waals surface area contributed by atoms with Gasteiger partial charge >= 0.3 is 6.03 Å². The summed E-state index contributed by atoms with van der Waals surface area (Å²) >= 11 is 0. The number of nitrogens with zero attached hydrogens (tertiary/aromatic N) is 4. The van der Waals surface area contributed by atoms with Crippen molar-refractivity contribution in [2.75, 3.05) is 26.7 Å². The van der Waals surface area contributed by atoms with Gasteiger partial charge in [-0.15, -0.1) is 5.10 Å². The number of hydrogen-bond acceptors (Lipinski definition) is 4. The quantitative estimate of drug-likeness (QED) is 0.889. The summed E-state index contributed by atoms with van der Waals surface area (Å²) in [6.45, 7) is 2.74. The van der Waals surface area contributed by atoms with E-state index in [1.54, 1.807) is 16.7 Å². The van der Waals surface area contributed by atoms with Crippen LogP contribution in [0.3, 0.4) is 0 Å². The van der Waals surface area contributed by atoms with Crippen molar-refractivity contribution in [1.82, 2.24) is 25.2 Å². The molecule has 2 aromatic rings. The zero-order chi connectivity index (χ0) is 14.7. The third kappa shape index (κ3) is 2.96. The fourth-order valence-electron chi connectivity index (χ4n) is 2.25. The Morgan fingerprint density at radius 2 is 2.10 bits per heavy atom. The van der Waals surface area contributed by atoms with Crippen LogP contribution in [0.25, 0.3) is 11.3 Å². The summed E-state index contributed by atoms with van der Waals surface area (Å²) in [5.41, 5.74) is 1.80. The van der Waals surface area contributed by atoms with Gasteiger partial charge in [-0.1, -0.05) is 5.21 Å². The summed E-state index contributed by atoms with van der Waals surface area (Å²) in [4.78, 5) is 13.2. The van der Waals surface area contributed by atoms with Gasteiger partial charge in [0.25, 0.3) is 0 Å². The molecule has 21 heavy (non-hydrogen) atoms. The maximum Gasteiger partial charge on any atom is 0.317 e. The highest BCUT2D eigenvalue weighted by molar-refractivity contribution is 5.76. The van der Waals surface area contributed by atoms with Gasteiger partial charge in [0.1, 0.15) is 11.4 Å². The van der Waals surface area contributed by atoms with Gasteiger partial charge in [-0.3, -0.25) is 4.68 Å². The predicted octanol–water partition coefficient (Wildman–Crippen LogP) is 0.979. The van der Waals surface area contributed by atoms with Crippen LogP contribution < -0.4 is 10.1 Å². The second-order valence-electron chi connectivity index (χ2n) is 4.81. The molecule has 3 rings (SSSR count). The molecule has 0 radical (unpaired) electrons. The van der Waals surface area contributed by atoms with Crippen molar-refractivity contribution in [1.29, 1.82) is 0 Å². The van der Waals surface area contributed by atoms with Crippen molar-refractivity contribution in [3.8, 4) is 17.0 Å². The van der Waals surface area contributed by atoms with Gasteiger partial charge < -0.3 is 15.0 Å². The molecular weight excluding hydrogens is 270 g/mol. The summed E-state index contributed by atoms with van der Waals surface area (Å²) in [5, 5.41) is 11.0. The van der Waals surface area contributed by atoms with E-state index < -0.39 is 0 Å². The number of nitrogens with one attached hydrogen (secondary N) is 1. The Morgan fingerprint density at radius 1 is 1.29 bits per heavy atom. The number of benzene rings is 1. The van der Waals surface area contributed by atoms with Crippen LogP contribution in [0, 0.1) is 0 Å². The number of rotatable bonds is 5. The SMILES string of the molecule is COc1ccc(-c2cn(CCN3CCNC3=O)nn2)cc1. The third-order valence-corrected chi connectivity index (χ3v) is 3.47. The first kappa shape index (κ1) is 13.4. The highest BCUT2D eigenvalue weighted by atomic mass is 16.5. The van der Waals surface area contributed by atoms with Crippen LogP contribution in [0.15, 0.2) is 30.5 Å². The average Bonchev–Trinajstić information content (AvgIpc) is 3.14. The molecule has 2 amide bonds. The van der Waals surface area contributed by atoms with Gasteiger partial charge in [-0.05, 0) is 24.3 Å². The molecule has 1 aromatic carbocycles. The van der Waals surface area contributed by atoms with Crippen molar-refractivity contribution in [2.24, 2.45) is 0 Å². The van der Waals surface area contributed by atoms with Crippen LogP contribution in [0.4, 0.5) is 4.79 Å². The van der Waals surface area contributed by atoms with Gasteiger partial charge in [0.05, 0.1) is 19.9 Å². The Kier molecular flexibility index (Phi) is 3.72. The van der Waals surface area contributed by atoms with Gasteiger partial charge in [-0.25, -0.2) is 4.79 Å². The van der Waals surface area contributed by atoms with Crippen molar-refractivity contribution in [3.63, 3.8) is 0 Å². The van der Waals surface area contributed by atoms with Crippen molar-refractivity contribution in [2.45, 2.75) is 6.54 Å². The number of aromatic nitrogens is 3.